The van der Waals surface area contributed by atoms with Crippen molar-refractivity contribution in [3.05, 3.63) is 18.7 Å². The molecule has 28 heteroatoms. The van der Waals surface area contributed by atoms with E-state index in [1.54, 1.807) is 0 Å². The summed E-state index contributed by atoms with van der Waals surface area (Å²) in [7, 11) is -5.14. The molecule has 0 N–H and O–H groups in total. The second-order valence-electron chi connectivity index (χ2n) is 7.88. The summed E-state index contributed by atoms with van der Waals surface area (Å²) in [4.78, 5) is 0. The van der Waals surface area contributed by atoms with Crippen LogP contribution in [0.3, 0.4) is 0 Å². The summed E-state index contributed by atoms with van der Waals surface area (Å²) in [6, 6.07) is -5.33. The zero-order valence-corrected chi connectivity index (χ0v) is 22.3. The van der Waals surface area contributed by atoms with Gasteiger partial charge in [-0.3, -0.25) is 0 Å². The van der Waals surface area contributed by atoms with Crippen molar-refractivity contribution in [2.75, 3.05) is 0 Å². The average molecular weight is 822 g/mol. The molecule has 0 spiro atoms. The highest BCUT2D eigenvalue weighted by atomic mass is 127. The van der Waals surface area contributed by atoms with Crippen LogP contribution in [-0.4, -0.2) is 68.4 Å². The maximum absolute atomic E-state index is 13.8. The van der Waals surface area contributed by atoms with E-state index in [1.165, 1.54) is 0 Å². The first-order valence-corrected chi connectivity index (χ1v) is 11.8. The number of rotatable bonds is 10. The van der Waals surface area contributed by atoms with Crippen molar-refractivity contribution in [2.24, 2.45) is 7.05 Å². The number of hydrogen-bond acceptors (Lipinski definition) is 3. The smallest absolute Gasteiger partial charge is 0.485 e. The SMILES string of the molecule is C[n+]1ccn(C(F)(F)CC(F)(F)C(F)(F)C(F)(F)C(F)(F)C(F)(F)C(F)(F)C(F)(F)C(F)(F)I)c1.O=S(=O)([O-])C(F)(F)F. The Morgan fingerprint density at radius 1 is 0.651 bits per heavy atom. The molecule has 0 aromatic carbocycles. The van der Waals surface area contributed by atoms with Crippen LogP contribution >= 0.6 is 22.6 Å². The minimum Gasteiger partial charge on any atom is -0.741 e. The number of halogens is 22. The normalized spacial score (nSPS) is 15.7. The van der Waals surface area contributed by atoms with Crippen molar-refractivity contribution < 1.29 is 110 Å². The van der Waals surface area contributed by atoms with Crippen molar-refractivity contribution in [3.63, 3.8) is 0 Å². The summed E-state index contributed by atoms with van der Waals surface area (Å²) < 4.78 is 295. The van der Waals surface area contributed by atoms with Crippen molar-refractivity contribution in [1.29, 1.82) is 0 Å². The molecule has 256 valence electrons. The van der Waals surface area contributed by atoms with Crippen LogP contribution in [0, 0.1) is 0 Å². The first-order chi connectivity index (χ1) is 18.2. The van der Waals surface area contributed by atoms with Gasteiger partial charge in [-0.05, 0) is 0 Å². The van der Waals surface area contributed by atoms with Crippen molar-refractivity contribution in [3.8, 4) is 0 Å². The molecule has 1 aromatic heterocycles. The molecule has 0 aliphatic rings. The molecule has 5 nitrogen and oxygen atoms in total. The monoisotopic (exact) mass is 822 g/mol. The van der Waals surface area contributed by atoms with Crippen molar-refractivity contribution >= 4 is 32.7 Å². The highest BCUT2D eigenvalue weighted by molar-refractivity contribution is 14.1. The third-order valence-electron chi connectivity index (χ3n) is 4.65. The molecule has 43 heavy (non-hydrogen) atoms. The third-order valence-corrected chi connectivity index (χ3v) is 5.90. The molecule has 0 unspecified atom stereocenters. The van der Waals surface area contributed by atoms with E-state index in [4.69, 9.17) is 13.0 Å². The van der Waals surface area contributed by atoms with Crippen LogP contribution < -0.4 is 4.57 Å². The molecular formula is C15H8F21IN2O3S. The Labute approximate surface area is 236 Å². The van der Waals surface area contributed by atoms with Gasteiger partial charge in [-0.2, -0.15) is 96.8 Å². The molecule has 1 aromatic rings. The molecule has 0 bridgehead atoms. The van der Waals surface area contributed by atoms with E-state index < -0.39 is 101 Å². The van der Waals surface area contributed by atoms with Crippen LogP contribution in [0.15, 0.2) is 18.7 Å². The van der Waals surface area contributed by atoms with Crippen molar-refractivity contribution in [2.45, 2.75) is 63.4 Å². The maximum atomic E-state index is 13.8. The lowest BCUT2D eigenvalue weighted by atomic mass is 9.88. The largest absolute Gasteiger partial charge is 0.741 e. The van der Waals surface area contributed by atoms with E-state index in [2.05, 4.69) is 0 Å². The fourth-order valence-electron chi connectivity index (χ4n) is 2.31. The molecular weight excluding hydrogens is 814 g/mol. The molecule has 0 saturated carbocycles. The van der Waals surface area contributed by atoms with Gasteiger partial charge in [0.15, 0.2) is 10.1 Å². The number of hydrogen-bond donors (Lipinski definition) is 0. The van der Waals surface area contributed by atoms with Crippen LogP contribution in [0.2, 0.25) is 0 Å². The third kappa shape index (κ3) is 7.12. The molecule has 0 radical (unpaired) electrons. The van der Waals surface area contributed by atoms with Crippen molar-refractivity contribution in [1.82, 2.24) is 4.57 Å². The molecule has 0 aliphatic carbocycles. The Bertz CT molecular complexity index is 1230. The Morgan fingerprint density at radius 2 is 0.953 bits per heavy atom. The number of alkyl halides is 22. The van der Waals surface area contributed by atoms with Crippen LogP contribution in [0.1, 0.15) is 6.42 Å². The van der Waals surface area contributed by atoms with Gasteiger partial charge in [0, 0.05) is 22.6 Å². The topological polar surface area (TPSA) is 66.0 Å². The first kappa shape index (κ1) is 41.4. The number of nitrogens with zero attached hydrogens (tertiary/aromatic N) is 2. The number of aryl methyl sites for hydroxylation is 1. The zero-order chi connectivity index (χ0) is 35.5. The van der Waals surface area contributed by atoms with Crippen LogP contribution in [0.25, 0.3) is 0 Å². The highest BCUT2D eigenvalue weighted by Crippen LogP contribution is 2.65. The zero-order valence-electron chi connectivity index (χ0n) is 19.3. The Morgan fingerprint density at radius 3 is 1.21 bits per heavy atom. The van der Waals surface area contributed by atoms with Gasteiger partial charge in [0.25, 0.3) is 0 Å². The average Bonchev–Trinajstić information content (AvgIpc) is 3.17. The summed E-state index contributed by atoms with van der Waals surface area (Å²) >= 11 is -1.000. The first-order valence-electron chi connectivity index (χ1n) is 9.36. The Kier molecular flexibility index (Phi) is 10.9. The van der Waals surface area contributed by atoms with Gasteiger partial charge in [0.1, 0.15) is 18.8 Å². The van der Waals surface area contributed by atoms with E-state index in [9.17, 15) is 92.2 Å². The van der Waals surface area contributed by atoms with Crippen LogP contribution in [-0.2, 0) is 23.2 Å². The maximum Gasteiger partial charge on any atom is 0.485 e. The van der Waals surface area contributed by atoms with E-state index in [-0.39, 0.29) is 12.5 Å². The predicted molar refractivity (Wildman–Crippen MR) is 99.8 cm³/mol. The molecule has 0 aliphatic heterocycles. The van der Waals surface area contributed by atoms with Gasteiger partial charge in [0.2, 0.25) is 6.33 Å². The fourth-order valence-corrected chi connectivity index (χ4v) is 2.65. The molecule has 0 saturated heterocycles. The minimum absolute atomic E-state index is 0.183. The minimum atomic E-state index is -8.64. The van der Waals surface area contributed by atoms with Gasteiger partial charge in [-0.1, -0.05) is 0 Å². The van der Waals surface area contributed by atoms with E-state index in [0.29, 0.717) is 10.8 Å². The molecule has 1 rings (SSSR count). The summed E-state index contributed by atoms with van der Waals surface area (Å²) in [5.41, 5.74) is -5.65. The van der Waals surface area contributed by atoms with Gasteiger partial charge >= 0.3 is 56.9 Å². The summed E-state index contributed by atoms with van der Waals surface area (Å²) in [5.74, 6) is -56.8. The molecule has 0 atom stereocenters. The number of aromatic nitrogens is 2. The van der Waals surface area contributed by atoms with Gasteiger partial charge < -0.3 is 4.55 Å². The lowest BCUT2D eigenvalue weighted by molar-refractivity contribution is -0.671. The quantitative estimate of drug-likeness (QED) is 0.0654. The summed E-state index contributed by atoms with van der Waals surface area (Å²) in [6.45, 7) is 0. The summed E-state index contributed by atoms with van der Waals surface area (Å²) in [5, 5.41) is 0. The number of imidazole rings is 1. The van der Waals surface area contributed by atoms with E-state index in [1.807, 2.05) is 0 Å². The molecule has 0 fully saturated rings. The van der Waals surface area contributed by atoms with E-state index in [0.717, 1.165) is 7.05 Å². The second-order valence-corrected chi connectivity index (χ2v) is 10.6. The Hall–Kier alpha value is -1.62. The standard InChI is InChI=1S/C14H8F18IN2.CHF3O3S/c1-34-2-3-35(5-34)7(17,18)4-6(15,16)8(19,20)9(21,22)10(23,24)11(25,26)12(27,28)13(29,30)14(31,32)33;2-1(3,4)8(5,6)7/h2-3,5H,4H2,1H3;(H,5,6,7)/q+1;/p-1. The predicted octanol–water partition coefficient (Wildman–Crippen LogP) is 6.78. The van der Waals surface area contributed by atoms with E-state index >= 15 is 0 Å². The van der Waals surface area contributed by atoms with Crippen LogP contribution in [0.5, 0.6) is 0 Å². The van der Waals surface area contributed by atoms with Gasteiger partial charge in [-0.25, -0.2) is 13.0 Å². The van der Waals surface area contributed by atoms with Gasteiger partial charge in [-0.15, -0.1) is 0 Å². The van der Waals surface area contributed by atoms with Gasteiger partial charge in [0.05, 0.1) is 7.05 Å². The fraction of sp³-hybridized carbons (Fsp3) is 0.800. The lowest BCUT2D eigenvalue weighted by Crippen LogP contribution is -2.74. The lowest BCUT2D eigenvalue weighted by Gasteiger charge is -2.43. The van der Waals surface area contributed by atoms with Crippen LogP contribution in [0.4, 0.5) is 92.2 Å². The highest BCUT2D eigenvalue weighted by Gasteiger charge is 2.94. The summed E-state index contributed by atoms with van der Waals surface area (Å²) in [6.07, 6.45) is -2.81. The molecule has 0 amide bonds. The Balaban J connectivity index is 0.00000192. The molecule has 1 heterocycles. The second kappa shape index (κ2) is 11.3.